The lowest BCUT2D eigenvalue weighted by atomic mass is 10.5. The van der Waals surface area contributed by atoms with Crippen LogP contribution in [-0.4, -0.2) is 45.3 Å². The molecule has 0 radical (unpaired) electrons. The zero-order valence-electron chi connectivity index (χ0n) is 9.61. The first-order valence-electron chi connectivity index (χ1n) is 4.26. The SMILES string of the molecule is COc1cc([N+](C)(C)C)nc(OC)n1.[Cl-]. The Balaban J connectivity index is 0.00000196. The Hall–Kier alpha value is -1.07. The summed E-state index contributed by atoms with van der Waals surface area (Å²) in [6.07, 6.45) is 0. The minimum absolute atomic E-state index is 0. The van der Waals surface area contributed by atoms with Crippen LogP contribution >= 0.6 is 0 Å². The number of aromatic nitrogens is 2. The summed E-state index contributed by atoms with van der Waals surface area (Å²) >= 11 is 0. The van der Waals surface area contributed by atoms with Gasteiger partial charge in [0.25, 0.3) is 0 Å². The predicted molar refractivity (Wildman–Crippen MR) is 54.7 cm³/mol. The highest BCUT2D eigenvalue weighted by molar-refractivity contribution is 5.37. The van der Waals surface area contributed by atoms with Crippen molar-refractivity contribution in [1.82, 2.24) is 14.5 Å². The summed E-state index contributed by atoms with van der Waals surface area (Å²) in [5.41, 5.74) is 0. The van der Waals surface area contributed by atoms with Gasteiger partial charge in [0.2, 0.25) is 11.7 Å². The number of quaternary nitrogens is 1. The Bertz CT molecular complexity index is 303. The third-order valence-electron chi connectivity index (χ3n) is 1.75. The normalized spacial score (nSPS) is 10.5. The van der Waals surface area contributed by atoms with Crippen molar-refractivity contribution >= 4 is 5.82 Å². The highest BCUT2D eigenvalue weighted by Crippen LogP contribution is 2.21. The molecule has 0 aromatic carbocycles. The molecule has 1 heterocycles. The number of hydrogen-bond acceptors (Lipinski definition) is 4. The van der Waals surface area contributed by atoms with Crippen LogP contribution in [0.1, 0.15) is 0 Å². The molecule has 0 N–H and O–H groups in total. The second kappa shape index (κ2) is 5.14. The largest absolute Gasteiger partial charge is 1.00 e. The molecule has 0 saturated heterocycles. The molecule has 1 aromatic heterocycles. The van der Waals surface area contributed by atoms with Crippen LogP contribution in [0.4, 0.5) is 5.82 Å². The molecule has 0 aliphatic rings. The van der Waals surface area contributed by atoms with E-state index in [0.29, 0.717) is 16.4 Å². The lowest BCUT2D eigenvalue weighted by Crippen LogP contribution is -3.00. The van der Waals surface area contributed by atoms with Crippen molar-refractivity contribution in [2.45, 2.75) is 0 Å². The third kappa shape index (κ3) is 3.53. The number of nitrogens with zero attached hydrogens (tertiary/aromatic N) is 3. The molecule has 0 amide bonds. The number of methoxy groups -OCH3 is 2. The van der Waals surface area contributed by atoms with E-state index in [1.807, 2.05) is 21.1 Å². The fourth-order valence-electron chi connectivity index (χ4n) is 0.932. The molecule has 0 bridgehead atoms. The van der Waals surface area contributed by atoms with Crippen molar-refractivity contribution in [3.8, 4) is 11.9 Å². The maximum atomic E-state index is 5.05. The van der Waals surface area contributed by atoms with Crippen molar-refractivity contribution in [1.29, 1.82) is 0 Å². The van der Waals surface area contributed by atoms with E-state index in [9.17, 15) is 0 Å². The van der Waals surface area contributed by atoms with Crippen molar-refractivity contribution in [3.05, 3.63) is 6.07 Å². The van der Waals surface area contributed by atoms with Crippen LogP contribution in [0.2, 0.25) is 0 Å². The number of halogens is 1. The minimum Gasteiger partial charge on any atom is -1.00 e. The highest BCUT2D eigenvalue weighted by Gasteiger charge is 2.17. The lowest BCUT2D eigenvalue weighted by molar-refractivity contribution is -0.00000429. The summed E-state index contributed by atoms with van der Waals surface area (Å²) in [7, 11) is 9.15. The summed E-state index contributed by atoms with van der Waals surface area (Å²) in [4.78, 5) is 8.25. The molecule has 0 fully saturated rings. The molecule has 1 aromatic rings. The maximum absolute atomic E-state index is 5.05. The summed E-state index contributed by atoms with van der Waals surface area (Å²) < 4.78 is 10.6. The van der Waals surface area contributed by atoms with Gasteiger partial charge < -0.3 is 21.9 Å². The summed E-state index contributed by atoms with van der Waals surface area (Å²) in [6, 6.07) is 2.12. The third-order valence-corrected chi connectivity index (χ3v) is 1.75. The van der Waals surface area contributed by atoms with Gasteiger partial charge in [-0.15, -0.1) is 4.98 Å². The topological polar surface area (TPSA) is 44.2 Å². The van der Waals surface area contributed by atoms with Gasteiger partial charge in [-0.1, -0.05) is 0 Å². The monoisotopic (exact) mass is 233 g/mol. The molecule has 0 aliphatic carbocycles. The molecule has 0 unspecified atom stereocenters. The van der Waals surface area contributed by atoms with E-state index < -0.39 is 0 Å². The average molecular weight is 234 g/mol. The summed E-state index contributed by atoms with van der Waals surface area (Å²) in [5.74, 6) is 1.36. The van der Waals surface area contributed by atoms with E-state index in [4.69, 9.17) is 9.47 Å². The van der Waals surface area contributed by atoms with Gasteiger partial charge in [0, 0.05) is 0 Å². The van der Waals surface area contributed by atoms with Crippen LogP contribution in [0.25, 0.3) is 0 Å². The van der Waals surface area contributed by atoms with Gasteiger partial charge >= 0.3 is 6.01 Å². The van der Waals surface area contributed by atoms with Crippen LogP contribution < -0.4 is 26.4 Å². The standard InChI is InChI=1S/C9H16N3O2.ClH/c1-12(2,3)7-6-8(13-4)11-9(10-7)14-5;/h6H,1-5H3;1H/q+1;/p-1. The van der Waals surface area contributed by atoms with Gasteiger partial charge in [-0.3, -0.25) is 4.48 Å². The van der Waals surface area contributed by atoms with Gasteiger partial charge in [-0.05, 0) is 0 Å². The maximum Gasteiger partial charge on any atom is 0.324 e. The molecule has 6 heteroatoms. The molecule has 0 saturated carbocycles. The summed E-state index contributed by atoms with van der Waals surface area (Å²) in [5, 5.41) is 0. The number of hydrogen-bond donors (Lipinski definition) is 0. The first-order chi connectivity index (χ1) is 6.47. The smallest absolute Gasteiger partial charge is 0.324 e. The Labute approximate surface area is 96.0 Å². The molecule has 0 aliphatic heterocycles. The molecular weight excluding hydrogens is 218 g/mol. The van der Waals surface area contributed by atoms with Gasteiger partial charge in [0.15, 0.2) is 0 Å². The average Bonchev–Trinajstić information content (AvgIpc) is 2.15. The van der Waals surface area contributed by atoms with Crippen LogP contribution in [0.15, 0.2) is 6.07 Å². The Morgan fingerprint density at radius 1 is 1.07 bits per heavy atom. The van der Waals surface area contributed by atoms with E-state index in [0.717, 1.165) is 5.82 Å². The first-order valence-corrected chi connectivity index (χ1v) is 4.26. The van der Waals surface area contributed by atoms with E-state index in [2.05, 4.69) is 9.97 Å². The van der Waals surface area contributed by atoms with Crippen LogP contribution in [0, 0.1) is 0 Å². The second-order valence-electron chi connectivity index (χ2n) is 3.77. The van der Waals surface area contributed by atoms with Crippen molar-refractivity contribution in [2.24, 2.45) is 0 Å². The van der Waals surface area contributed by atoms with Crippen LogP contribution in [0.5, 0.6) is 11.9 Å². The zero-order chi connectivity index (χ0) is 10.8. The van der Waals surface area contributed by atoms with Crippen molar-refractivity contribution in [3.63, 3.8) is 0 Å². The molecule has 15 heavy (non-hydrogen) atoms. The highest BCUT2D eigenvalue weighted by atomic mass is 35.5. The lowest BCUT2D eigenvalue weighted by Gasteiger charge is -2.22. The van der Waals surface area contributed by atoms with Crippen LogP contribution in [-0.2, 0) is 0 Å². The van der Waals surface area contributed by atoms with E-state index >= 15 is 0 Å². The number of rotatable bonds is 3. The van der Waals surface area contributed by atoms with Gasteiger partial charge in [0.05, 0.1) is 41.4 Å². The fourth-order valence-corrected chi connectivity index (χ4v) is 0.932. The Morgan fingerprint density at radius 2 is 1.67 bits per heavy atom. The van der Waals surface area contributed by atoms with Gasteiger partial charge in [0.1, 0.15) is 0 Å². The fraction of sp³-hybridized carbons (Fsp3) is 0.556. The molecule has 86 valence electrons. The minimum atomic E-state index is 0. The quantitative estimate of drug-likeness (QED) is 0.551. The molecular formula is C9H16ClN3O2. The van der Waals surface area contributed by atoms with Crippen LogP contribution in [0.3, 0.4) is 0 Å². The summed E-state index contributed by atoms with van der Waals surface area (Å²) in [6.45, 7) is 0. The van der Waals surface area contributed by atoms with Gasteiger partial charge in [-0.2, -0.15) is 4.98 Å². The Kier molecular flexibility index (Phi) is 4.77. The first kappa shape index (κ1) is 13.9. The van der Waals surface area contributed by atoms with E-state index in [-0.39, 0.29) is 12.4 Å². The predicted octanol–water partition coefficient (Wildman–Crippen LogP) is -2.31. The van der Waals surface area contributed by atoms with Crippen molar-refractivity contribution < 1.29 is 21.9 Å². The van der Waals surface area contributed by atoms with Gasteiger partial charge in [-0.25, -0.2) is 0 Å². The van der Waals surface area contributed by atoms with Crippen molar-refractivity contribution in [2.75, 3.05) is 35.4 Å². The van der Waals surface area contributed by atoms with E-state index in [1.54, 1.807) is 13.2 Å². The molecule has 0 atom stereocenters. The molecule has 5 nitrogen and oxygen atoms in total. The molecule has 0 spiro atoms. The Morgan fingerprint density at radius 3 is 2.07 bits per heavy atom. The molecule has 1 rings (SSSR count). The van der Waals surface area contributed by atoms with E-state index in [1.165, 1.54) is 7.11 Å². The zero-order valence-corrected chi connectivity index (χ0v) is 10.4. The second-order valence-corrected chi connectivity index (χ2v) is 3.77. The number of ether oxygens (including phenoxy) is 2.